The summed E-state index contributed by atoms with van der Waals surface area (Å²) in [6.07, 6.45) is 0.716. The molecule has 1 aliphatic rings. The Balaban J connectivity index is 1.66. The van der Waals surface area contributed by atoms with Gasteiger partial charge in [0.2, 0.25) is 0 Å². The first-order valence-corrected chi connectivity index (χ1v) is 8.96. The highest BCUT2D eigenvalue weighted by Crippen LogP contribution is 2.17. The Bertz CT molecular complexity index is 835. The van der Waals surface area contributed by atoms with Crippen LogP contribution in [0.3, 0.4) is 0 Å². The zero-order chi connectivity index (χ0) is 19.2. The summed E-state index contributed by atoms with van der Waals surface area (Å²) in [5.74, 6) is -0.215. The number of rotatable bonds is 3. The van der Waals surface area contributed by atoms with Gasteiger partial charge in [0.1, 0.15) is 5.75 Å². The Labute approximate surface area is 158 Å². The first-order valence-electron chi connectivity index (χ1n) is 8.96. The number of amides is 2. The molecule has 6 heteroatoms. The molecule has 2 aromatic carbocycles. The maximum atomic E-state index is 12.8. The van der Waals surface area contributed by atoms with Crippen molar-refractivity contribution in [1.82, 2.24) is 9.80 Å². The zero-order valence-electron chi connectivity index (χ0n) is 15.3. The quantitative estimate of drug-likeness (QED) is 0.619. The number of carbonyl (C=O) groups is 3. The van der Waals surface area contributed by atoms with Crippen molar-refractivity contribution in [3.8, 4) is 5.75 Å². The Morgan fingerprint density at radius 2 is 1.37 bits per heavy atom. The fourth-order valence-electron chi connectivity index (χ4n) is 3.13. The van der Waals surface area contributed by atoms with E-state index in [-0.39, 0.29) is 11.8 Å². The topological polar surface area (TPSA) is 66.9 Å². The van der Waals surface area contributed by atoms with Crippen LogP contribution in [0.25, 0.3) is 0 Å². The molecule has 0 N–H and O–H groups in total. The van der Waals surface area contributed by atoms with Gasteiger partial charge in [-0.05, 0) is 36.8 Å². The summed E-state index contributed by atoms with van der Waals surface area (Å²) in [5.41, 5.74) is 1.13. The molecule has 0 atom stereocenters. The van der Waals surface area contributed by atoms with E-state index in [0.717, 1.165) is 0 Å². The zero-order valence-corrected chi connectivity index (χ0v) is 15.3. The second-order valence-corrected chi connectivity index (χ2v) is 6.43. The molecule has 0 saturated carbocycles. The van der Waals surface area contributed by atoms with Gasteiger partial charge in [0.25, 0.3) is 11.8 Å². The average Bonchev–Trinajstić information content (AvgIpc) is 2.93. The molecule has 0 spiro atoms. The Kier molecular flexibility index (Phi) is 5.86. The largest absolute Gasteiger partial charge is 0.427 e. The average molecular weight is 366 g/mol. The van der Waals surface area contributed by atoms with Crippen LogP contribution in [0.4, 0.5) is 0 Å². The number of hydrogen-bond donors (Lipinski definition) is 0. The second kappa shape index (κ2) is 8.49. The lowest BCUT2D eigenvalue weighted by molar-refractivity contribution is -0.131. The number of carbonyl (C=O) groups excluding carboxylic acids is 3. The van der Waals surface area contributed by atoms with Crippen molar-refractivity contribution in [2.75, 3.05) is 26.2 Å². The molecule has 1 heterocycles. The minimum atomic E-state index is -0.426. The smallest absolute Gasteiger partial charge is 0.308 e. The molecule has 27 heavy (non-hydrogen) atoms. The fourth-order valence-corrected chi connectivity index (χ4v) is 3.13. The van der Waals surface area contributed by atoms with E-state index < -0.39 is 5.97 Å². The van der Waals surface area contributed by atoms with Gasteiger partial charge >= 0.3 is 5.97 Å². The second-order valence-electron chi connectivity index (χ2n) is 6.43. The van der Waals surface area contributed by atoms with Crippen molar-refractivity contribution < 1.29 is 19.1 Å². The third-order valence-electron chi connectivity index (χ3n) is 4.43. The van der Waals surface area contributed by atoms with Crippen LogP contribution in [0, 0.1) is 0 Å². The van der Waals surface area contributed by atoms with E-state index in [1.54, 1.807) is 46.2 Å². The molecule has 0 radical (unpaired) electrons. The minimum absolute atomic E-state index is 0.0123. The van der Waals surface area contributed by atoms with Crippen LogP contribution in [-0.2, 0) is 4.79 Å². The van der Waals surface area contributed by atoms with Crippen LogP contribution in [0.15, 0.2) is 54.6 Å². The molecule has 1 saturated heterocycles. The van der Waals surface area contributed by atoms with E-state index in [1.165, 1.54) is 6.92 Å². The molecule has 140 valence electrons. The summed E-state index contributed by atoms with van der Waals surface area (Å²) in [7, 11) is 0. The van der Waals surface area contributed by atoms with E-state index in [1.807, 2.05) is 18.2 Å². The van der Waals surface area contributed by atoms with Crippen LogP contribution in [-0.4, -0.2) is 53.8 Å². The van der Waals surface area contributed by atoms with Crippen LogP contribution in [0.2, 0.25) is 0 Å². The molecule has 0 unspecified atom stereocenters. The monoisotopic (exact) mass is 366 g/mol. The van der Waals surface area contributed by atoms with Crippen LogP contribution < -0.4 is 4.74 Å². The predicted molar refractivity (Wildman–Crippen MR) is 101 cm³/mol. The van der Waals surface area contributed by atoms with Crippen molar-refractivity contribution in [2.24, 2.45) is 0 Å². The Hall–Kier alpha value is -3.15. The van der Waals surface area contributed by atoms with E-state index in [4.69, 9.17) is 4.74 Å². The van der Waals surface area contributed by atoms with Gasteiger partial charge in [0, 0.05) is 44.2 Å². The van der Waals surface area contributed by atoms with Crippen molar-refractivity contribution >= 4 is 17.8 Å². The normalized spacial score (nSPS) is 14.4. The molecule has 6 nitrogen and oxygen atoms in total. The van der Waals surface area contributed by atoms with E-state index in [0.29, 0.717) is 49.5 Å². The van der Waals surface area contributed by atoms with Crippen molar-refractivity contribution in [2.45, 2.75) is 13.3 Å². The molecule has 1 fully saturated rings. The van der Waals surface area contributed by atoms with Gasteiger partial charge in [0.15, 0.2) is 0 Å². The van der Waals surface area contributed by atoms with E-state index in [2.05, 4.69) is 0 Å². The molecule has 2 amide bonds. The summed E-state index contributed by atoms with van der Waals surface area (Å²) in [6.45, 7) is 3.47. The number of ether oxygens (including phenoxy) is 1. The molecule has 3 rings (SSSR count). The Morgan fingerprint density at radius 1 is 0.778 bits per heavy atom. The molecule has 0 aliphatic carbocycles. The molecule has 2 aromatic rings. The van der Waals surface area contributed by atoms with Gasteiger partial charge in [0.05, 0.1) is 0 Å². The van der Waals surface area contributed by atoms with Gasteiger partial charge in [-0.3, -0.25) is 14.4 Å². The number of nitrogens with zero attached hydrogens (tertiary/aromatic N) is 2. The third-order valence-corrected chi connectivity index (χ3v) is 4.43. The molecular weight excluding hydrogens is 344 g/mol. The van der Waals surface area contributed by atoms with Crippen LogP contribution in [0.5, 0.6) is 5.75 Å². The minimum Gasteiger partial charge on any atom is -0.427 e. The molecular formula is C21H22N2O4. The lowest BCUT2D eigenvalue weighted by Gasteiger charge is -2.22. The lowest BCUT2D eigenvalue weighted by Crippen LogP contribution is -2.37. The maximum absolute atomic E-state index is 12.8. The van der Waals surface area contributed by atoms with Gasteiger partial charge in [-0.2, -0.15) is 0 Å². The third kappa shape index (κ3) is 4.73. The van der Waals surface area contributed by atoms with Gasteiger partial charge in [-0.1, -0.05) is 24.3 Å². The van der Waals surface area contributed by atoms with E-state index >= 15 is 0 Å². The number of benzene rings is 2. The highest BCUT2D eigenvalue weighted by Gasteiger charge is 2.23. The SMILES string of the molecule is CC(=O)Oc1cccc(C(=O)N2CCCN(C(=O)c3ccccc3)CC2)c1. The van der Waals surface area contributed by atoms with E-state index in [9.17, 15) is 14.4 Å². The van der Waals surface area contributed by atoms with Crippen LogP contribution >= 0.6 is 0 Å². The maximum Gasteiger partial charge on any atom is 0.308 e. The highest BCUT2D eigenvalue weighted by atomic mass is 16.5. The van der Waals surface area contributed by atoms with Crippen LogP contribution in [0.1, 0.15) is 34.1 Å². The summed E-state index contributed by atoms with van der Waals surface area (Å²) < 4.78 is 5.05. The molecule has 0 aromatic heterocycles. The number of esters is 1. The standard InChI is InChI=1S/C21H22N2O4/c1-16(24)27-19-10-5-9-18(15-19)21(26)23-12-6-11-22(13-14-23)20(25)17-7-3-2-4-8-17/h2-5,7-10,15H,6,11-14H2,1H3. The van der Waals surface area contributed by atoms with Crippen molar-refractivity contribution in [3.63, 3.8) is 0 Å². The van der Waals surface area contributed by atoms with Gasteiger partial charge < -0.3 is 14.5 Å². The number of hydrogen-bond acceptors (Lipinski definition) is 4. The van der Waals surface area contributed by atoms with Gasteiger partial charge in [-0.15, -0.1) is 0 Å². The predicted octanol–water partition coefficient (Wildman–Crippen LogP) is 2.60. The lowest BCUT2D eigenvalue weighted by atomic mass is 10.2. The van der Waals surface area contributed by atoms with Gasteiger partial charge in [-0.25, -0.2) is 0 Å². The summed E-state index contributed by atoms with van der Waals surface area (Å²) >= 11 is 0. The first-order chi connectivity index (χ1) is 13.0. The molecule has 0 bridgehead atoms. The summed E-state index contributed by atoms with van der Waals surface area (Å²) in [4.78, 5) is 40.1. The first kappa shape index (κ1) is 18.6. The summed E-state index contributed by atoms with van der Waals surface area (Å²) in [5, 5.41) is 0. The molecule has 1 aliphatic heterocycles. The summed E-state index contributed by atoms with van der Waals surface area (Å²) in [6, 6.07) is 15.8. The fraction of sp³-hybridized carbons (Fsp3) is 0.286. The van der Waals surface area contributed by atoms with Crippen molar-refractivity contribution in [3.05, 3.63) is 65.7 Å². The highest BCUT2D eigenvalue weighted by molar-refractivity contribution is 5.95. The van der Waals surface area contributed by atoms with Crippen molar-refractivity contribution in [1.29, 1.82) is 0 Å². The Morgan fingerprint density at radius 3 is 2.00 bits per heavy atom.